The number of furan rings is 1. The van der Waals surface area contributed by atoms with E-state index >= 15 is 0 Å². The Morgan fingerprint density at radius 2 is 2.22 bits per heavy atom. The second-order valence-electron chi connectivity index (χ2n) is 4.69. The van der Waals surface area contributed by atoms with Gasteiger partial charge >= 0.3 is 0 Å². The summed E-state index contributed by atoms with van der Waals surface area (Å²) < 4.78 is 16.0. The van der Waals surface area contributed by atoms with Crippen molar-refractivity contribution in [3.8, 4) is 17.4 Å². The van der Waals surface area contributed by atoms with E-state index in [2.05, 4.69) is 20.2 Å². The maximum Gasteiger partial charge on any atom is 0.283 e. The molecule has 0 atom stereocenters. The third-order valence-corrected chi connectivity index (χ3v) is 4.06. The van der Waals surface area contributed by atoms with Crippen LogP contribution >= 0.6 is 11.8 Å². The molecule has 7 nitrogen and oxygen atoms in total. The number of thioether (sulfide) groups is 1. The molecule has 0 saturated heterocycles. The molecule has 0 radical (unpaired) electrons. The molecule has 4 aromatic rings. The minimum absolute atomic E-state index is 0.375. The van der Waals surface area contributed by atoms with Gasteiger partial charge in [-0.25, -0.2) is 4.98 Å². The Hall–Kier alpha value is -2.74. The zero-order valence-electron chi connectivity index (χ0n) is 12.1. The summed E-state index contributed by atoms with van der Waals surface area (Å²) in [6.07, 6.45) is 1.57. The van der Waals surface area contributed by atoms with E-state index in [1.165, 1.54) is 11.8 Å². The van der Waals surface area contributed by atoms with Crippen molar-refractivity contribution in [1.29, 1.82) is 0 Å². The average molecular weight is 328 g/mol. The number of aromatic nitrogens is 4. The Bertz CT molecular complexity index is 929. The third-order valence-electron chi connectivity index (χ3n) is 3.20. The van der Waals surface area contributed by atoms with Crippen LogP contribution in [0.3, 0.4) is 0 Å². The number of benzene rings is 1. The van der Waals surface area contributed by atoms with Crippen molar-refractivity contribution < 1.29 is 13.6 Å². The van der Waals surface area contributed by atoms with E-state index in [1.807, 2.05) is 18.2 Å². The van der Waals surface area contributed by atoms with Gasteiger partial charge in [-0.05, 0) is 24.3 Å². The van der Waals surface area contributed by atoms with Crippen molar-refractivity contribution in [3.63, 3.8) is 0 Å². The number of rotatable bonds is 5. The summed E-state index contributed by atoms with van der Waals surface area (Å²) in [7, 11) is 1.64. The van der Waals surface area contributed by atoms with Gasteiger partial charge < -0.3 is 18.6 Å². The minimum Gasteiger partial charge on any atom is -0.497 e. The van der Waals surface area contributed by atoms with Gasteiger partial charge in [0.2, 0.25) is 5.89 Å². The molecule has 0 saturated carbocycles. The zero-order chi connectivity index (χ0) is 15.6. The maximum absolute atomic E-state index is 5.56. The standard InChI is InChI=1S/C15H12N4O3S/c1-20-9-4-5-10-11(7-9)17-15(16-10)23-8-13-18-19-14(22-13)12-3-2-6-21-12/h2-7H,8H2,1H3,(H,16,17). The molecular formula is C15H12N4O3S. The van der Waals surface area contributed by atoms with Crippen LogP contribution in [0.25, 0.3) is 22.7 Å². The normalized spacial score (nSPS) is 11.2. The van der Waals surface area contributed by atoms with Gasteiger partial charge in [-0.2, -0.15) is 0 Å². The van der Waals surface area contributed by atoms with Crippen molar-refractivity contribution in [2.45, 2.75) is 10.9 Å². The zero-order valence-corrected chi connectivity index (χ0v) is 13.0. The van der Waals surface area contributed by atoms with Crippen LogP contribution < -0.4 is 4.74 Å². The molecule has 4 rings (SSSR count). The molecule has 23 heavy (non-hydrogen) atoms. The molecule has 0 unspecified atom stereocenters. The number of ether oxygens (including phenoxy) is 1. The van der Waals surface area contributed by atoms with E-state index < -0.39 is 0 Å². The largest absolute Gasteiger partial charge is 0.497 e. The molecule has 3 aromatic heterocycles. The van der Waals surface area contributed by atoms with Crippen LogP contribution in [0.2, 0.25) is 0 Å². The second kappa shape index (κ2) is 5.81. The Labute approximate surface area is 135 Å². The highest BCUT2D eigenvalue weighted by Crippen LogP contribution is 2.26. The summed E-state index contributed by atoms with van der Waals surface area (Å²) in [6, 6.07) is 9.25. The highest BCUT2D eigenvalue weighted by Gasteiger charge is 2.12. The quantitative estimate of drug-likeness (QED) is 0.561. The molecule has 0 aliphatic carbocycles. The lowest BCUT2D eigenvalue weighted by molar-refractivity contribution is 0.415. The first-order chi connectivity index (χ1) is 11.3. The number of H-pyrrole nitrogens is 1. The van der Waals surface area contributed by atoms with Crippen molar-refractivity contribution in [2.24, 2.45) is 0 Å². The van der Waals surface area contributed by atoms with Crippen LogP contribution in [0, 0.1) is 0 Å². The lowest BCUT2D eigenvalue weighted by Crippen LogP contribution is -1.81. The smallest absolute Gasteiger partial charge is 0.283 e. The van der Waals surface area contributed by atoms with Crippen LogP contribution in [0.4, 0.5) is 0 Å². The maximum atomic E-state index is 5.56. The fraction of sp³-hybridized carbons (Fsp3) is 0.133. The number of nitrogens with zero attached hydrogens (tertiary/aromatic N) is 3. The van der Waals surface area contributed by atoms with Gasteiger partial charge in [0, 0.05) is 6.07 Å². The fourth-order valence-corrected chi connectivity index (χ4v) is 2.82. The van der Waals surface area contributed by atoms with Gasteiger partial charge in [-0.3, -0.25) is 0 Å². The molecule has 116 valence electrons. The Kier molecular flexibility index (Phi) is 3.51. The minimum atomic E-state index is 0.375. The molecule has 0 amide bonds. The van der Waals surface area contributed by atoms with E-state index in [1.54, 1.807) is 25.5 Å². The lowest BCUT2D eigenvalue weighted by Gasteiger charge is -1.96. The van der Waals surface area contributed by atoms with Gasteiger partial charge in [0.05, 0.1) is 30.2 Å². The number of imidazole rings is 1. The van der Waals surface area contributed by atoms with E-state index in [4.69, 9.17) is 13.6 Å². The number of aromatic amines is 1. The molecule has 0 aliphatic heterocycles. The van der Waals surface area contributed by atoms with Crippen LogP contribution in [-0.2, 0) is 5.75 Å². The predicted octanol–water partition coefficient (Wildman–Crippen LogP) is 3.51. The van der Waals surface area contributed by atoms with Gasteiger partial charge in [0.15, 0.2) is 10.9 Å². The molecular weight excluding hydrogens is 316 g/mol. The topological polar surface area (TPSA) is 90.0 Å². The van der Waals surface area contributed by atoms with Crippen LogP contribution in [-0.4, -0.2) is 27.3 Å². The van der Waals surface area contributed by atoms with E-state index in [9.17, 15) is 0 Å². The first kappa shape index (κ1) is 13.9. The van der Waals surface area contributed by atoms with E-state index in [-0.39, 0.29) is 0 Å². The van der Waals surface area contributed by atoms with E-state index in [0.717, 1.165) is 21.9 Å². The van der Waals surface area contributed by atoms with E-state index in [0.29, 0.717) is 23.3 Å². The molecule has 0 bridgehead atoms. The van der Waals surface area contributed by atoms with Crippen molar-refractivity contribution in [1.82, 2.24) is 20.2 Å². The molecule has 3 heterocycles. The van der Waals surface area contributed by atoms with Crippen LogP contribution in [0.15, 0.2) is 50.6 Å². The molecule has 0 fully saturated rings. The summed E-state index contributed by atoms with van der Waals surface area (Å²) in [5.74, 6) is 2.76. The van der Waals surface area contributed by atoms with Crippen molar-refractivity contribution in [3.05, 3.63) is 42.5 Å². The molecule has 0 aliphatic rings. The van der Waals surface area contributed by atoms with Crippen molar-refractivity contribution in [2.75, 3.05) is 7.11 Å². The van der Waals surface area contributed by atoms with Crippen molar-refractivity contribution >= 4 is 22.8 Å². The van der Waals surface area contributed by atoms with Gasteiger partial charge in [-0.15, -0.1) is 10.2 Å². The molecule has 1 aromatic carbocycles. The molecule has 1 N–H and O–H groups in total. The number of methoxy groups -OCH3 is 1. The number of fused-ring (bicyclic) bond motifs is 1. The SMILES string of the molecule is COc1ccc2nc(SCc3nnc(-c4ccco4)o3)[nH]c2c1. The monoisotopic (exact) mass is 328 g/mol. The highest BCUT2D eigenvalue weighted by atomic mass is 32.2. The summed E-state index contributed by atoms with van der Waals surface area (Å²) >= 11 is 1.49. The van der Waals surface area contributed by atoms with Crippen LogP contribution in [0.1, 0.15) is 5.89 Å². The van der Waals surface area contributed by atoms with Gasteiger partial charge in [0.1, 0.15) is 5.75 Å². The first-order valence-electron chi connectivity index (χ1n) is 6.84. The Morgan fingerprint density at radius 3 is 3.04 bits per heavy atom. The number of hydrogen-bond donors (Lipinski definition) is 1. The summed E-state index contributed by atoms with van der Waals surface area (Å²) in [5.41, 5.74) is 1.81. The second-order valence-corrected chi connectivity index (χ2v) is 5.66. The van der Waals surface area contributed by atoms with Crippen LogP contribution in [0.5, 0.6) is 5.75 Å². The fourth-order valence-electron chi connectivity index (χ4n) is 2.10. The summed E-state index contributed by atoms with van der Waals surface area (Å²) in [6.45, 7) is 0. The Balaban J connectivity index is 1.48. The average Bonchev–Trinajstić information content (AvgIpc) is 3.30. The highest BCUT2D eigenvalue weighted by molar-refractivity contribution is 7.98. The van der Waals surface area contributed by atoms with Gasteiger partial charge in [-0.1, -0.05) is 11.8 Å². The third kappa shape index (κ3) is 2.80. The number of nitrogens with one attached hydrogen (secondary N) is 1. The predicted molar refractivity (Wildman–Crippen MR) is 84.2 cm³/mol. The summed E-state index contributed by atoms with van der Waals surface area (Å²) in [4.78, 5) is 7.74. The summed E-state index contributed by atoms with van der Waals surface area (Å²) in [5, 5.41) is 8.76. The lowest BCUT2D eigenvalue weighted by atomic mass is 10.3. The Morgan fingerprint density at radius 1 is 1.26 bits per heavy atom. The first-order valence-corrected chi connectivity index (χ1v) is 7.83. The number of hydrogen-bond acceptors (Lipinski definition) is 7. The molecule has 0 spiro atoms. The molecule has 8 heteroatoms. The van der Waals surface area contributed by atoms with Gasteiger partial charge in [0.25, 0.3) is 5.89 Å².